The van der Waals surface area contributed by atoms with E-state index in [1.54, 1.807) is 12.1 Å². The molecule has 1 aliphatic heterocycles. The van der Waals surface area contributed by atoms with Crippen molar-refractivity contribution in [3.63, 3.8) is 0 Å². The lowest BCUT2D eigenvalue weighted by atomic mass is 10.1. The molecule has 0 unspecified atom stereocenters. The van der Waals surface area contributed by atoms with Crippen molar-refractivity contribution in [2.75, 3.05) is 25.9 Å². The second-order valence-electron chi connectivity index (χ2n) is 7.32. The Kier molecular flexibility index (Phi) is 7.28. The van der Waals surface area contributed by atoms with Gasteiger partial charge >= 0.3 is 0 Å². The van der Waals surface area contributed by atoms with Crippen molar-refractivity contribution in [2.24, 2.45) is 0 Å². The number of carbonyl (C=O) groups excluding carboxylic acids is 1. The lowest BCUT2D eigenvalue weighted by molar-refractivity contribution is 0.0938. The number of nitrogens with zero attached hydrogens (tertiary/aromatic N) is 1. The van der Waals surface area contributed by atoms with E-state index >= 15 is 0 Å². The summed E-state index contributed by atoms with van der Waals surface area (Å²) in [7, 11) is -3.16. The van der Waals surface area contributed by atoms with Crippen LogP contribution in [-0.4, -0.2) is 50.6 Å². The van der Waals surface area contributed by atoms with E-state index in [0.29, 0.717) is 43.8 Å². The Bertz CT molecular complexity index is 907. The van der Waals surface area contributed by atoms with Crippen LogP contribution in [0.1, 0.15) is 35.2 Å². The molecule has 29 heavy (non-hydrogen) atoms. The van der Waals surface area contributed by atoms with Crippen molar-refractivity contribution in [1.82, 2.24) is 9.62 Å². The fraction of sp³-hybridized carbons (Fsp3) is 0.409. The van der Waals surface area contributed by atoms with E-state index in [9.17, 15) is 13.2 Å². The quantitative estimate of drug-likeness (QED) is 0.672. The molecule has 1 aliphatic rings. The minimum atomic E-state index is -3.16. The van der Waals surface area contributed by atoms with Gasteiger partial charge in [-0.25, -0.2) is 12.7 Å². The van der Waals surface area contributed by atoms with E-state index in [-0.39, 0.29) is 12.0 Å². The van der Waals surface area contributed by atoms with Crippen LogP contribution < -0.4 is 10.1 Å². The number of aryl methyl sites for hydroxylation is 1. The summed E-state index contributed by atoms with van der Waals surface area (Å²) in [4.78, 5) is 12.6. The van der Waals surface area contributed by atoms with Gasteiger partial charge in [-0.2, -0.15) is 0 Å². The van der Waals surface area contributed by atoms with E-state index in [2.05, 4.69) is 17.4 Å². The Morgan fingerprint density at radius 1 is 1.07 bits per heavy atom. The van der Waals surface area contributed by atoms with Crippen LogP contribution in [0.3, 0.4) is 0 Å². The van der Waals surface area contributed by atoms with E-state index in [1.165, 1.54) is 16.1 Å². The Labute approximate surface area is 172 Å². The summed E-state index contributed by atoms with van der Waals surface area (Å²) in [6.45, 7) is 1.48. The number of ether oxygens (including phenoxy) is 1. The molecule has 6 nitrogen and oxygen atoms in total. The maximum absolute atomic E-state index is 12.6. The first-order chi connectivity index (χ1) is 13.9. The molecule has 156 valence electrons. The molecule has 0 radical (unpaired) electrons. The van der Waals surface area contributed by atoms with Crippen LogP contribution >= 0.6 is 0 Å². The maximum atomic E-state index is 12.6. The third-order valence-electron chi connectivity index (χ3n) is 5.07. The predicted octanol–water partition coefficient (Wildman–Crippen LogP) is 2.85. The first-order valence-corrected chi connectivity index (χ1v) is 11.8. The van der Waals surface area contributed by atoms with E-state index in [0.717, 1.165) is 12.8 Å². The number of sulfonamides is 1. The van der Waals surface area contributed by atoms with Gasteiger partial charge in [0.1, 0.15) is 11.9 Å². The van der Waals surface area contributed by atoms with Gasteiger partial charge in [0.2, 0.25) is 10.0 Å². The van der Waals surface area contributed by atoms with E-state index in [4.69, 9.17) is 4.74 Å². The fourth-order valence-electron chi connectivity index (χ4n) is 3.45. The molecule has 0 saturated carbocycles. The molecule has 0 spiro atoms. The Hall–Kier alpha value is -2.38. The average molecular weight is 417 g/mol. The zero-order valence-corrected chi connectivity index (χ0v) is 17.5. The van der Waals surface area contributed by atoms with Gasteiger partial charge in [0.05, 0.1) is 11.8 Å². The third-order valence-corrected chi connectivity index (χ3v) is 6.37. The minimum Gasteiger partial charge on any atom is -0.489 e. The maximum Gasteiger partial charge on any atom is 0.255 e. The largest absolute Gasteiger partial charge is 0.489 e. The number of carbonyl (C=O) groups is 1. The molecule has 2 aromatic carbocycles. The second kappa shape index (κ2) is 9.89. The highest BCUT2D eigenvalue weighted by Gasteiger charge is 2.26. The van der Waals surface area contributed by atoms with Gasteiger partial charge in [-0.3, -0.25) is 4.79 Å². The number of hydrogen-bond acceptors (Lipinski definition) is 4. The summed E-state index contributed by atoms with van der Waals surface area (Å²) >= 11 is 0. The second-order valence-corrected chi connectivity index (χ2v) is 9.30. The highest BCUT2D eigenvalue weighted by Crippen LogP contribution is 2.24. The third kappa shape index (κ3) is 6.30. The standard InChI is InChI=1S/C22H28N2O4S/c1-29(26,27)24-16-13-19(14-17-24)28-21-12-6-5-11-20(21)22(25)23-15-7-10-18-8-3-2-4-9-18/h2-6,8-9,11-12,19H,7,10,13-17H2,1H3,(H,23,25). The first-order valence-electron chi connectivity index (χ1n) is 9.96. The van der Waals surface area contributed by atoms with Gasteiger partial charge in [0.15, 0.2) is 0 Å². The number of piperidine rings is 1. The molecule has 1 heterocycles. The molecule has 0 bridgehead atoms. The molecular formula is C22H28N2O4S. The normalized spacial score (nSPS) is 15.8. The topological polar surface area (TPSA) is 75.7 Å². The van der Waals surface area contributed by atoms with Crippen molar-refractivity contribution >= 4 is 15.9 Å². The molecule has 7 heteroatoms. The van der Waals surface area contributed by atoms with Gasteiger partial charge in [-0.05, 0) is 43.4 Å². The Balaban J connectivity index is 1.51. The Morgan fingerprint density at radius 3 is 2.41 bits per heavy atom. The summed E-state index contributed by atoms with van der Waals surface area (Å²) in [5, 5.41) is 2.97. The highest BCUT2D eigenvalue weighted by atomic mass is 32.2. The number of benzene rings is 2. The number of para-hydroxylation sites is 1. The number of amides is 1. The van der Waals surface area contributed by atoms with Crippen LogP contribution in [0.4, 0.5) is 0 Å². The molecule has 0 atom stereocenters. The number of rotatable bonds is 8. The van der Waals surface area contributed by atoms with Gasteiger partial charge < -0.3 is 10.1 Å². The lowest BCUT2D eigenvalue weighted by Crippen LogP contribution is -2.41. The zero-order valence-electron chi connectivity index (χ0n) is 16.7. The van der Waals surface area contributed by atoms with Gasteiger partial charge in [0, 0.05) is 19.6 Å². The SMILES string of the molecule is CS(=O)(=O)N1CCC(Oc2ccccc2C(=O)NCCCc2ccccc2)CC1. The van der Waals surface area contributed by atoms with Crippen molar-refractivity contribution in [2.45, 2.75) is 31.8 Å². The smallest absolute Gasteiger partial charge is 0.255 e. The zero-order chi connectivity index (χ0) is 20.7. The van der Waals surface area contributed by atoms with Crippen LogP contribution in [0, 0.1) is 0 Å². The molecule has 0 aromatic heterocycles. The first kappa shape index (κ1) is 21.3. The van der Waals surface area contributed by atoms with Gasteiger partial charge in [-0.15, -0.1) is 0 Å². The summed E-state index contributed by atoms with van der Waals surface area (Å²) in [5.41, 5.74) is 1.77. The summed E-state index contributed by atoms with van der Waals surface area (Å²) < 4.78 is 30.8. The molecule has 3 rings (SSSR count). The molecular weight excluding hydrogens is 388 g/mol. The van der Waals surface area contributed by atoms with E-state index in [1.807, 2.05) is 30.3 Å². The van der Waals surface area contributed by atoms with Crippen molar-refractivity contribution in [3.05, 3.63) is 65.7 Å². The molecule has 2 aromatic rings. The van der Waals surface area contributed by atoms with Crippen LogP contribution in [0.5, 0.6) is 5.75 Å². The van der Waals surface area contributed by atoms with Crippen LogP contribution in [0.2, 0.25) is 0 Å². The van der Waals surface area contributed by atoms with Crippen molar-refractivity contribution < 1.29 is 17.9 Å². The van der Waals surface area contributed by atoms with E-state index < -0.39 is 10.0 Å². The van der Waals surface area contributed by atoms with Crippen LogP contribution in [0.15, 0.2) is 54.6 Å². The van der Waals surface area contributed by atoms with Crippen molar-refractivity contribution in [1.29, 1.82) is 0 Å². The molecule has 0 aliphatic carbocycles. The lowest BCUT2D eigenvalue weighted by Gasteiger charge is -2.30. The monoisotopic (exact) mass is 416 g/mol. The molecule has 1 fully saturated rings. The number of nitrogens with one attached hydrogen (secondary N) is 1. The summed E-state index contributed by atoms with van der Waals surface area (Å²) in [5.74, 6) is 0.396. The number of hydrogen-bond donors (Lipinski definition) is 1. The van der Waals surface area contributed by atoms with Crippen molar-refractivity contribution in [3.8, 4) is 5.75 Å². The highest BCUT2D eigenvalue weighted by molar-refractivity contribution is 7.88. The van der Waals surface area contributed by atoms with Gasteiger partial charge in [-0.1, -0.05) is 42.5 Å². The summed E-state index contributed by atoms with van der Waals surface area (Å²) in [6, 6.07) is 17.4. The summed E-state index contributed by atoms with van der Waals surface area (Å²) in [6.07, 6.45) is 4.13. The average Bonchev–Trinajstić information content (AvgIpc) is 2.72. The molecule has 1 N–H and O–H groups in total. The van der Waals surface area contributed by atoms with Crippen LogP contribution in [0.25, 0.3) is 0 Å². The Morgan fingerprint density at radius 2 is 1.72 bits per heavy atom. The fourth-order valence-corrected chi connectivity index (χ4v) is 4.33. The minimum absolute atomic E-state index is 0.0972. The molecule has 1 saturated heterocycles. The predicted molar refractivity (Wildman–Crippen MR) is 114 cm³/mol. The molecule has 1 amide bonds. The van der Waals surface area contributed by atoms with Gasteiger partial charge in [0.25, 0.3) is 5.91 Å². The van der Waals surface area contributed by atoms with Crippen LogP contribution in [-0.2, 0) is 16.4 Å².